The van der Waals surface area contributed by atoms with E-state index in [9.17, 15) is 14.0 Å². The van der Waals surface area contributed by atoms with E-state index in [1.807, 2.05) is 6.92 Å². The maximum Gasteiger partial charge on any atom is 0.308 e. The standard InChI is InChI=1S/C28H33F2N3O5/c1-16-5-9-20(29)14-23(16)32-28-31-22-12-8-19(25(30)26(22)38-28)13-24(34)33(3)17(2)15-37-21-10-6-18(7-11-21)27(35)36-4/h5,8-9,12,14,17-18,21H,6-7,10-11,13,15H2,1-4H3,(H,31,32)/t17-,18-,21-/m0/s1. The summed E-state index contributed by atoms with van der Waals surface area (Å²) in [5, 5.41) is 2.88. The summed E-state index contributed by atoms with van der Waals surface area (Å²) < 4.78 is 45.2. The van der Waals surface area contributed by atoms with Crippen LogP contribution in [0, 0.1) is 24.5 Å². The van der Waals surface area contributed by atoms with Gasteiger partial charge in [-0.1, -0.05) is 12.1 Å². The topological polar surface area (TPSA) is 93.9 Å². The smallest absolute Gasteiger partial charge is 0.308 e. The number of esters is 1. The molecule has 1 heterocycles. The Bertz CT molecular complexity index is 1300. The fraction of sp³-hybridized carbons (Fsp3) is 0.464. The molecule has 38 heavy (non-hydrogen) atoms. The predicted molar refractivity (Wildman–Crippen MR) is 138 cm³/mol. The molecule has 0 aliphatic heterocycles. The van der Waals surface area contributed by atoms with E-state index in [0.717, 1.165) is 31.2 Å². The highest BCUT2D eigenvalue weighted by Crippen LogP contribution is 2.29. The first-order valence-electron chi connectivity index (χ1n) is 12.7. The van der Waals surface area contributed by atoms with E-state index in [4.69, 9.17) is 13.9 Å². The first-order valence-corrected chi connectivity index (χ1v) is 12.7. The number of carbonyl (C=O) groups excluding carboxylic acids is 2. The summed E-state index contributed by atoms with van der Waals surface area (Å²) in [5.74, 6) is -1.59. The number of benzene rings is 2. The van der Waals surface area contributed by atoms with Crippen molar-refractivity contribution in [3.05, 3.63) is 53.1 Å². The zero-order valence-corrected chi connectivity index (χ0v) is 22.1. The van der Waals surface area contributed by atoms with E-state index in [1.165, 1.54) is 25.3 Å². The number of nitrogens with one attached hydrogen (secondary N) is 1. The van der Waals surface area contributed by atoms with Gasteiger partial charge in [0.2, 0.25) is 5.91 Å². The minimum absolute atomic E-state index is 0.0274. The molecule has 4 rings (SSSR count). The number of hydrogen-bond donors (Lipinski definition) is 1. The molecule has 1 aromatic heterocycles. The van der Waals surface area contributed by atoms with E-state index in [1.54, 1.807) is 31.0 Å². The Morgan fingerprint density at radius 3 is 2.63 bits per heavy atom. The lowest BCUT2D eigenvalue weighted by Crippen LogP contribution is -2.40. The van der Waals surface area contributed by atoms with Crippen LogP contribution in [0.1, 0.15) is 43.7 Å². The van der Waals surface area contributed by atoms with Crippen molar-refractivity contribution in [2.75, 3.05) is 26.1 Å². The van der Waals surface area contributed by atoms with Crippen LogP contribution in [0.25, 0.3) is 11.1 Å². The minimum Gasteiger partial charge on any atom is -0.469 e. The van der Waals surface area contributed by atoms with Crippen LogP contribution in [-0.4, -0.2) is 54.7 Å². The summed E-state index contributed by atoms with van der Waals surface area (Å²) in [6.07, 6.45) is 2.86. The molecule has 1 aliphatic carbocycles. The molecule has 0 bridgehead atoms. The number of aryl methyl sites for hydroxylation is 1. The Balaban J connectivity index is 1.34. The third-order valence-corrected chi connectivity index (χ3v) is 7.20. The van der Waals surface area contributed by atoms with Crippen molar-refractivity contribution >= 4 is 34.7 Å². The summed E-state index contributed by atoms with van der Waals surface area (Å²) in [4.78, 5) is 30.4. The van der Waals surface area contributed by atoms with Crippen molar-refractivity contribution in [1.29, 1.82) is 0 Å². The lowest BCUT2D eigenvalue weighted by molar-refractivity contribution is -0.148. The van der Waals surface area contributed by atoms with Gasteiger partial charge in [0.1, 0.15) is 11.3 Å². The number of halogens is 2. The molecular weight excluding hydrogens is 496 g/mol. The third-order valence-electron chi connectivity index (χ3n) is 7.20. The molecule has 0 unspecified atom stereocenters. The van der Waals surface area contributed by atoms with Gasteiger partial charge in [0.25, 0.3) is 6.01 Å². The number of likely N-dealkylation sites (N-methyl/N-ethyl adjacent to an activating group) is 1. The first-order chi connectivity index (χ1) is 18.2. The second-order valence-corrected chi connectivity index (χ2v) is 9.85. The predicted octanol–water partition coefficient (Wildman–Crippen LogP) is 5.30. The molecule has 204 valence electrons. The van der Waals surface area contributed by atoms with Gasteiger partial charge < -0.3 is 24.1 Å². The van der Waals surface area contributed by atoms with Crippen LogP contribution in [0.4, 0.5) is 20.5 Å². The molecule has 1 fully saturated rings. The van der Waals surface area contributed by atoms with Gasteiger partial charge in [0, 0.05) is 18.3 Å². The van der Waals surface area contributed by atoms with Crippen molar-refractivity contribution in [3.8, 4) is 0 Å². The Labute approximate surface area is 220 Å². The quantitative estimate of drug-likeness (QED) is 0.376. The van der Waals surface area contributed by atoms with Gasteiger partial charge in [-0.25, -0.2) is 8.78 Å². The van der Waals surface area contributed by atoms with Crippen LogP contribution in [0.2, 0.25) is 0 Å². The summed E-state index contributed by atoms with van der Waals surface area (Å²) in [5.41, 5.74) is 1.63. The average Bonchev–Trinajstić information content (AvgIpc) is 3.33. The molecule has 2 aromatic carbocycles. The summed E-state index contributed by atoms with van der Waals surface area (Å²) in [6, 6.07) is 7.18. The van der Waals surface area contributed by atoms with Gasteiger partial charge in [0.05, 0.1) is 38.2 Å². The molecule has 1 N–H and O–H groups in total. The molecule has 1 aliphatic rings. The highest BCUT2D eigenvalue weighted by molar-refractivity contribution is 5.82. The Morgan fingerprint density at radius 1 is 1.18 bits per heavy atom. The van der Waals surface area contributed by atoms with Crippen molar-refractivity contribution in [1.82, 2.24) is 9.88 Å². The number of oxazole rings is 1. The summed E-state index contributed by atoms with van der Waals surface area (Å²) in [6.45, 7) is 4.02. The second-order valence-electron chi connectivity index (χ2n) is 9.85. The highest BCUT2D eigenvalue weighted by Gasteiger charge is 2.28. The highest BCUT2D eigenvalue weighted by atomic mass is 19.1. The van der Waals surface area contributed by atoms with Crippen molar-refractivity contribution in [2.24, 2.45) is 5.92 Å². The van der Waals surface area contributed by atoms with Crippen molar-refractivity contribution in [2.45, 2.75) is 58.1 Å². The number of methoxy groups -OCH3 is 1. The Morgan fingerprint density at radius 2 is 1.92 bits per heavy atom. The molecule has 0 saturated heterocycles. The number of hydrogen-bond acceptors (Lipinski definition) is 7. The van der Waals surface area contributed by atoms with Gasteiger partial charge >= 0.3 is 5.97 Å². The molecule has 1 atom stereocenters. The number of fused-ring (bicyclic) bond motifs is 1. The fourth-order valence-electron chi connectivity index (χ4n) is 4.59. The van der Waals surface area contributed by atoms with Crippen LogP contribution in [-0.2, 0) is 25.5 Å². The van der Waals surface area contributed by atoms with E-state index >= 15 is 4.39 Å². The number of nitrogens with zero attached hydrogens (tertiary/aromatic N) is 2. The van der Waals surface area contributed by atoms with Crippen LogP contribution in [0.15, 0.2) is 34.7 Å². The SMILES string of the molecule is COC(=O)[C@H]1CC[C@H](OC[C@H](C)N(C)C(=O)Cc2ccc3nc(Nc4cc(F)ccc4C)oc3c2F)CC1. The van der Waals surface area contributed by atoms with Crippen LogP contribution < -0.4 is 5.32 Å². The molecule has 8 nitrogen and oxygen atoms in total. The monoisotopic (exact) mass is 529 g/mol. The number of anilines is 2. The van der Waals surface area contributed by atoms with Gasteiger partial charge in [-0.3, -0.25) is 9.59 Å². The second kappa shape index (κ2) is 11.9. The maximum atomic E-state index is 15.2. The normalized spacial score (nSPS) is 18.3. The van der Waals surface area contributed by atoms with Crippen molar-refractivity contribution < 1.29 is 32.3 Å². The van der Waals surface area contributed by atoms with Crippen LogP contribution in [0.3, 0.4) is 0 Å². The molecule has 3 aromatic rings. The summed E-state index contributed by atoms with van der Waals surface area (Å²) in [7, 11) is 3.07. The largest absolute Gasteiger partial charge is 0.469 e. The summed E-state index contributed by atoms with van der Waals surface area (Å²) >= 11 is 0. The molecule has 1 amide bonds. The molecule has 0 radical (unpaired) electrons. The van der Waals surface area contributed by atoms with Gasteiger partial charge in [-0.05, 0) is 63.3 Å². The van der Waals surface area contributed by atoms with Gasteiger partial charge in [-0.2, -0.15) is 4.98 Å². The van der Waals surface area contributed by atoms with Crippen LogP contribution >= 0.6 is 0 Å². The van der Waals surface area contributed by atoms with Crippen molar-refractivity contribution in [3.63, 3.8) is 0 Å². The molecule has 1 saturated carbocycles. The Kier molecular flexibility index (Phi) is 8.61. The zero-order chi connectivity index (χ0) is 27.4. The number of amides is 1. The average molecular weight is 530 g/mol. The lowest BCUT2D eigenvalue weighted by atomic mass is 9.87. The van der Waals surface area contributed by atoms with E-state index in [2.05, 4.69) is 10.3 Å². The minimum atomic E-state index is -0.660. The fourth-order valence-corrected chi connectivity index (χ4v) is 4.59. The number of rotatable bonds is 9. The first kappa shape index (κ1) is 27.5. The molecule has 0 spiro atoms. The number of carbonyl (C=O) groups is 2. The molecule has 10 heteroatoms. The third kappa shape index (κ3) is 6.30. The van der Waals surface area contributed by atoms with Crippen LogP contribution in [0.5, 0.6) is 0 Å². The number of aromatic nitrogens is 1. The van der Waals surface area contributed by atoms with Gasteiger partial charge in [0.15, 0.2) is 11.4 Å². The van der Waals surface area contributed by atoms with Gasteiger partial charge in [-0.15, -0.1) is 0 Å². The number of ether oxygens (including phenoxy) is 2. The molecular formula is C28H33F2N3O5. The zero-order valence-electron chi connectivity index (χ0n) is 22.1. The van der Waals surface area contributed by atoms with E-state index in [-0.39, 0.29) is 59.0 Å². The maximum absolute atomic E-state index is 15.2. The van der Waals surface area contributed by atoms with E-state index in [0.29, 0.717) is 12.3 Å². The lowest BCUT2D eigenvalue weighted by Gasteiger charge is -2.30. The Hall–Kier alpha value is -3.53. The van der Waals surface area contributed by atoms with E-state index < -0.39 is 11.6 Å².